The zero-order chi connectivity index (χ0) is 13.9. The molecule has 1 fully saturated rings. The zero-order valence-electron chi connectivity index (χ0n) is 11.6. The lowest BCUT2D eigenvalue weighted by molar-refractivity contribution is -0.123. The van der Waals surface area contributed by atoms with Gasteiger partial charge in [-0.25, -0.2) is 4.98 Å². The topological polar surface area (TPSA) is 71.2 Å². The summed E-state index contributed by atoms with van der Waals surface area (Å²) < 4.78 is 0. The first-order valence-electron chi connectivity index (χ1n) is 6.75. The fourth-order valence-electron chi connectivity index (χ4n) is 1.99. The predicted molar refractivity (Wildman–Crippen MR) is 77.1 cm³/mol. The van der Waals surface area contributed by atoms with Crippen molar-refractivity contribution in [2.24, 2.45) is 11.1 Å². The van der Waals surface area contributed by atoms with Crippen molar-refractivity contribution in [2.75, 3.05) is 29.9 Å². The number of amides is 1. The molecule has 2 rings (SSSR count). The number of aromatic nitrogens is 1. The molecule has 0 radical (unpaired) electrons. The normalized spacial score (nSPS) is 15.6. The van der Waals surface area contributed by atoms with Crippen LogP contribution in [-0.2, 0) is 4.79 Å². The van der Waals surface area contributed by atoms with E-state index in [1.807, 2.05) is 26.0 Å². The minimum Gasteiger partial charge on any atom is -0.357 e. The highest BCUT2D eigenvalue weighted by Crippen LogP contribution is 2.20. The summed E-state index contributed by atoms with van der Waals surface area (Å²) in [5.41, 5.74) is 5.74. The molecule has 2 heterocycles. The number of pyridine rings is 1. The SMILES string of the molecule is CC(C)(CN)C(=O)Nc1ccc(N2CCCC2)nc1. The highest BCUT2D eigenvalue weighted by Gasteiger charge is 2.25. The van der Waals surface area contributed by atoms with Crippen molar-refractivity contribution >= 4 is 17.4 Å². The summed E-state index contributed by atoms with van der Waals surface area (Å²) in [4.78, 5) is 18.6. The van der Waals surface area contributed by atoms with Crippen LogP contribution in [0.3, 0.4) is 0 Å². The molecule has 0 spiro atoms. The van der Waals surface area contributed by atoms with Crippen LogP contribution >= 0.6 is 0 Å². The van der Waals surface area contributed by atoms with Crippen LogP contribution in [0.4, 0.5) is 11.5 Å². The highest BCUT2D eigenvalue weighted by atomic mass is 16.2. The van der Waals surface area contributed by atoms with Crippen LogP contribution in [-0.4, -0.2) is 30.5 Å². The molecule has 0 aromatic carbocycles. The lowest BCUT2D eigenvalue weighted by Crippen LogP contribution is -2.37. The number of hydrogen-bond donors (Lipinski definition) is 2. The fourth-order valence-corrected chi connectivity index (χ4v) is 1.99. The van der Waals surface area contributed by atoms with E-state index in [-0.39, 0.29) is 5.91 Å². The Morgan fingerprint density at radius 3 is 2.63 bits per heavy atom. The van der Waals surface area contributed by atoms with E-state index >= 15 is 0 Å². The summed E-state index contributed by atoms with van der Waals surface area (Å²) in [6, 6.07) is 3.85. The summed E-state index contributed by atoms with van der Waals surface area (Å²) in [5.74, 6) is 0.902. The summed E-state index contributed by atoms with van der Waals surface area (Å²) in [7, 11) is 0. The minimum absolute atomic E-state index is 0.0780. The van der Waals surface area contributed by atoms with E-state index in [2.05, 4.69) is 15.2 Å². The number of nitrogens with one attached hydrogen (secondary N) is 1. The molecule has 104 valence electrons. The van der Waals surface area contributed by atoms with Gasteiger partial charge in [0.15, 0.2) is 0 Å². The van der Waals surface area contributed by atoms with Crippen LogP contribution in [0.25, 0.3) is 0 Å². The van der Waals surface area contributed by atoms with E-state index in [0.717, 1.165) is 24.6 Å². The van der Waals surface area contributed by atoms with Gasteiger partial charge in [-0.3, -0.25) is 4.79 Å². The monoisotopic (exact) mass is 262 g/mol. The van der Waals surface area contributed by atoms with Gasteiger partial charge in [0.2, 0.25) is 5.91 Å². The molecule has 1 aliphatic heterocycles. The Morgan fingerprint density at radius 2 is 2.11 bits per heavy atom. The van der Waals surface area contributed by atoms with Crippen molar-refractivity contribution < 1.29 is 4.79 Å². The van der Waals surface area contributed by atoms with E-state index in [1.54, 1.807) is 6.20 Å². The quantitative estimate of drug-likeness (QED) is 0.864. The number of nitrogens with zero attached hydrogens (tertiary/aromatic N) is 2. The van der Waals surface area contributed by atoms with Gasteiger partial charge in [-0.05, 0) is 38.8 Å². The molecule has 1 aromatic rings. The molecule has 1 aliphatic rings. The third-order valence-electron chi connectivity index (χ3n) is 3.56. The van der Waals surface area contributed by atoms with Gasteiger partial charge < -0.3 is 16.0 Å². The van der Waals surface area contributed by atoms with Crippen molar-refractivity contribution in [3.05, 3.63) is 18.3 Å². The van der Waals surface area contributed by atoms with Gasteiger partial charge in [-0.2, -0.15) is 0 Å². The molecule has 0 unspecified atom stereocenters. The summed E-state index contributed by atoms with van der Waals surface area (Å²) in [6.45, 7) is 6.11. The average molecular weight is 262 g/mol. The van der Waals surface area contributed by atoms with E-state index < -0.39 is 5.41 Å². The molecular weight excluding hydrogens is 240 g/mol. The van der Waals surface area contributed by atoms with Gasteiger partial charge in [-0.15, -0.1) is 0 Å². The van der Waals surface area contributed by atoms with Crippen LogP contribution < -0.4 is 16.0 Å². The molecule has 5 heteroatoms. The molecule has 1 amide bonds. The smallest absolute Gasteiger partial charge is 0.231 e. The molecular formula is C14H22N4O. The van der Waals surface area contributed by atoms with Crippen molar-refractivity contribution in [1.82, 2.24) is 4.98 Å². The Labute approximate surface area is 114 Å². The van der Waals surface area contributed by atoms with Crippen molar-refractivity contribution in [3.63, 3.8) is 0 Å². The average Bonchev–Trinajstić information content (AvgIpc) is 2.93. The first kappa shape index (κ1) is 13.8. The van der Waals surface area contributed by atoms with Crippen LogP contribution in [0.5, 0.6) is 0 Å². The lowest BCUT2D eigenvalue weighted by Gasteiger charge is -2.21. The first-order valence-corrected chi connectivity index (χ1v) is 6.75. The Balaban J connectivity index is 2.00. The predicted octanol–water partition coefficient (Wildman–Crippen LogP) is 1.61. The van der Waals surface area contributed by atoms with Gasteiger partial charge in [0.05, 0.1) is 17.3 Å². The number of rotatable bonds is 4. The number of carbonyl (C=O) groups is 1. The molecule has 5 nitrogen and oxygen atoms in total. The van der Waals surface area contributed by atoms with E-state index in [4.69, 9.17) is 5.73 Å². The van der Waals surface area contributed by atoms with Gasteiger partial charge in [0.1, 0.15) is 5.82 Å². The third-order valence-corrected chi connectivity index (χ3v) is 3.56. The van der Waals surface area contributed by atoms with Gasteiger partial charge in [-0.1, -0.05) is 0 Å². The van der Waals surface area contributed by atoms with Crippen LogP contribution in [0.1, 0.15) is 26.7 Å². The van der Waals surface area contributed by atoms with Crippen molar-refractivity contribution in [1.29, 1.82) is 0 Å². The minimum atomic E-state index is -0.562. The third kappa shape index (κ3) is 3.23. The molecule has 3 N–H and O–H groups in total. The molecule has 0 atom stereocenters. The Hall–Kier alpha value is -1.62. The lowest BCUT2D eigenvalue weighted by atomic mass is 9.92. The van der Waals surface area contributed by atoms with Crippen LogP contribution in [0.15, 0.2) is 18.3 Å². The van der Waals surface area contributed by atoms with E-state index in [9.17, 15) is 4.79 Å². The molecule has 19 heavy (non-hydrogen) atoms. The van der Waals surface area contributed by atoms with Crippen LogP contribution in [0.2, 0.25) is 0 Å². The Kier molecular flexibility index (Phi) is 4.04. The number of hydrogen-bond acceptors (Lipinski definition) is 4. The van der Waals surface area contributed by atoms with Gasteiger partial charge in [0.25, 0.3) is 0 Å². The Bertz CT molecular complexity index is 435. The van der Waals surface area contributed by atoms with Gasteiger partial charge >= 0.3 is 0 Å². The second-order valence-corrected chi connectivity index (χ2v) is 5.64. The van der Waals surface area contributed by atoms with E-state index in [1.165, 1.54) is 12.8 Å². The maximum Gasteiger partial charge on any atom is 0.231 e. The molecule has 1 saturated heterocycles. The maximum atomic E-state index is 12.0. The number of carbonyl (C=O) groups excluding carboxylic acids is 1. The molecule has 0 saturated carbocycles. The fraction of sp³-hybridized carbons (Fsp3) is 0.571. The van der Waals surface area contributed by atoms with Crippen LogP contribution in [0, 0.1) is 5.41 Å². The summed E-state index contributed by atoms with van der Waals surface area (Å²) >= 11 is 0. The van der Waals surface area contributed by atoms with E-state index in [0.29, 0.717) is 6.54 Å². The van der Waals surface area contributed by atoms with Crippen molar-refractivity contribution in [2.45, 2.75) is 26.7 Å². The molecule has 0 bridgehead atoms. The second-order valence-electron chi connectivity index (χ2n) is 5.64. The molecule has 0 aliphatic carbocycles. The maximum absolute atomic E-state index is 12.0. The zero-order valence-corrected chi connectivity index (χ0v) is 11.6. The summed E-state index contributed by atoms with van der Waals surface area (Å²) in [6.07, 6.45) is 4.16. The molecule has 1 aromatic heterocycles. The van der Waals surface area contributed by atoms with Crippen molar-refractivity contribution in [3.8, 4) is 0 Å². The Morgan fingerprint density at radius 1 is 1.42 bits per heavy atom. The second kappa shape index (κ2) is 5.57. The standard InChI is InChI=1S/C14H22N4O/c1-14(2,10-15)13(19)17-11-5-6-12(16-9-11)18-7-3-4-8-18/h5-6,9H,3-4,7-8,10,15H2,1-2H3,(H,17,19). The first-order chi connectivity index (χ1) is 9.03. The highest BCUT2D eigenvalue weighted by molar-refractivity contribution is 5.94. The number of nitrogens with two attached hydrogens (primary N) is 1. The van der Waals surface area contributed by atoms with Gasteiger partial charge in [0, 0.05) is 19.6 Å². The summed E-state index contributed by atoms with van der Waals surface area (Å²) in [5, 5.41) is 2.85. The number of anilines is 2. The largest absolute Gasteiger partial charge is 0.357 e.